The summed E-state index contributed by atoms with van der Waals surface area (Å²) in [4.78, 5) is 12.1. The van der Waals surface area contributed by atoms with Gasteiger partial charge in [-0.15, -0.1) is 5.10 Å². The summed E-state index contributed by atoms with van der Waals surface area (Å²) in [7, 11) is 1.72. The number of tetrazole rings is 1. The molecule has 2 fully saturated rings. The first-order valence-electron chi connectivity index (χ1n) is 8.39. The van der Waals surface area contributed by atoms with Crippen LogP contribution in [0.2, 0.25) is 0 Å². The predicted molar refractivity (Wildman–Crippen MR) is 85.2 cm³/mol. The molecule has 8 heteroatoms. The van der Waals surface area contributed by atoms with Gasteiger partial charge in [-0.2, -0.15) is 0 Å². The van der Waals surface area contributed by atoms with E-state index in [9.17, 15) is 4.79 Å². The van der Waals surface area contributed by atoms with Crippen LogP contribution in [0.15, 0.2) is 5.16 Å². The summed E-state index contributed by atoms with van der Waals surface area (Å²) in [6.45, 7) is 0. The number of hydrogen-bond acceptors (Lipinski definition) is 7. The van der Waals surface area contributed by atoms with Crippen molar-refractivity contribution >= 4 is 17.7 Å². The van der Waals surface area contributed by atoms with Gasteiger partial charge in [0, 0.05) is 13.5 Å². The van der Waals surface area contributed by atoms with Gasteiger partial charge in [-0.05, 0) is 42.5 Å². The Morgan fingerprint density at radius 2 is 2.00 bits per heavy atom. The number of rotatable bonds is 6. The van der Waals surface area contributed by atoms with E-state index in [4.69, 9.17) is 9.47 Å². The molecular weight excluding hydrogens is 316 g/mol. The van der Waals surface area contributed by atoms with Crippen LogP contribution in [-0.2, 0) is 14.3 Å². The van der Waals surface area contributed by atoms with Crippen molar-refractivity contribution in [2.24, 2.45) is 0 Å². The van der Waals surface area contributed by atoms with Crippen molar-refractivity contribution in [1.29, 1.82) is 0 Å². The van der Waals surface area contributed by atoms with Crippen LogP contribution in [-0.4, -0.2) is 51.2 Å². The number of ether oxygens (including phenoxy) is 2. The Kier molecular flexibility index (Phi) is 5.88. The highest BCUT2D eigenvalue weighted by Crippen LogP contribution is 2.31. The molecule has 1 aromatic heterocycles. The average molecular weight is 340 g/mol. The van der Waals surface area contributed by atoms with Crippen molar-refractivity contribution in [3.8, 4) is 0 Å². The van der Waals surface area contributed by atoms with Gasteiger partial charge >= 0.3 is 5.97 Å². The van der Waals surface area contributed by atoms with Crippen molar-refractivity contribution < 1.29 is 14.3 Å². The Balaban J connectivity index is 1.47. The summed E-state index contributed by atoms with van der Waals surface area (Å²) in [6.07, 6.45) is 8.68. The number of esters is 1. The molecule has 2 aliphatic carbocycles. The van der Waals surface area contributed by atoms with Crippen molar-refractivity contribution in [1.82, 2.24) is 20.2 Å². The van der Waals surface area contributed by atoms with Crippen LogP contribution in [0.3, 0.4) is 0 Å². The molecule has 0 spiro atoms. The van der Waals surface area contributed by atoms with Crippen LogP contribution in [0.1, 0.15) is 57.4 Å². The fourth-order valence-electron chi connectivity index (χ4n) is 3.43. The smallest absolute Gasteiger partial charge is 0.316 e. The lowest BCUT2D eigenvalue weighted by molar-refractivity contribution is -0.149. The van der Waals surface area contributed by atoms with Gasteiger partial charge in [0.05, 0.1) is 17.9 Å². The maximum Gasteiger partial charge on any atom is 0.316 e. The molecule has 23 heavy (non-hydrogen) atoms. The third-order valence-electron chi connectivity index (χ3n) is 4.66. The molecule has 3 rings (SSSR count). The first-order chi connectivity index (χ1) is 11.3. The van der Waals surface area contributed by atoms with E-state index >= 15 is 0 Å². The molecule has 2 atom stereocenters. The molecule has 0 bridgehead atoms. The third kappa shape index (κ3) is 4.44. The summed E-state index contributed by atoms with van der Waals surface area (Å²) in [5.74, 6) is 0.0547. The Bertz CT molecular complexity index is 519. The standard InChI is InChI=1S/C15H24N4O3S/c1-21-12-7-4-8-13(9-12)22-14(20)10-23-15-16-17-18-19(15)11-5-2-3-6-11/h11-13H,2-10H2,1H3/t12-,13-/m1/s1. The van der Waals surface area contributed by atoms with E-state index < -0.39 is 0 Å². The molecule has 1 aromatic rings. The second kappa shape index (κ2) is 8.10. The zero-order valence-corrected chi connectivity index (χ0v) is 14.3. The number of carbonyl (C=O) groups is 1. The quantitative estimate of drug-likeness (QED) is 0.581. The molecule has 0 unspecified atom stereocenters. The number of nitrogens with zero attached hydrogens (tertiary/aromatic N) is 4. The minimum Gasteiger partial charge on any atom is -0.462 e. The molecule has 2 saturated carbocycles. The van der Waals surface area contributed by atoms with Gasteiger partial charge in [0.15, 0.2) is 0 Å². The molecule has 0 aliphatic heterocycles. The molecular formula is C15H24N4O3S. The normalized spacial score (nSPS) is 25.6. The summed E-state index contributed by atoms with van der Waals surface area (Å²) < 4.78 is 12.8. The van der Waals surface area contributed by atoms with Crippen molar-refractivity contribution in [2.45, 2.75) is 74.8 Å². The van der Waals surface area contributed by atoms with E-state index in [1.807, 2.05) is 4.68 Å². The van der Waals surface area contributed by atoms with Crippen LogP contribution in [0.25, 0.3) is 0 Å². The fraction of sp³-hybridized carbons (Fsp3) is 0.867. The molecule has 0 aromatic carbocycles. The zero-order chi connectivity index (χ0) is 16.1. The molecule has 0 N–H and O–H groups in total. The van der Waals surface area contributed by atoms with Gasteiger partial charge in [0.25, 0.3) is 0 Å². The summed E-state index contributed by atoms with van der Waals surface area (Å²) >= 11 is 1.36. The van der Waals surface area contributed by atoms with Crippen LogP contribution >= 0.6 is 11.8 Å². The Labute approximate surface area is 140 Å². The molecule has 1 heterocycles. The lowest BCUT2D eigenvalue weighted by Gasteiger charge is -2.27. The maximum absolute atomic E-state index is 12.1. The lowest BCUT2D eigenvalue weighted by atomic mass is 9.95. The SMILES string of the molecule is CO[C@@H]1CCC[C@@H](OC(=O)CSc2nnnn2C2CCCC2)C1. The maximum atomic E-state index is 12.1. The van der Waals surface area contributed by atoms with Gasteiger partial charge < -0.3 is 9.47 Å². The first kappa shape index (κ1) is 16.7. The lowest BCUT2D eigenvalue weighted by Crippen LogP contribution is -2.29. The van der Waals surface area contributed by atoms with Crippen LogP contribution in [0, 0.1) is 0 Å². The average Bonchev–Trinajstić information content (AvgIpc) is 3.24. The van der Waals surface area contributed by atoms with Crippen LogP contribution in [0.4, 0.5) is 0 Å². The predicted octanol–water partition coefficient (Wildman–Crippen LogP) is 2.38. The first-order valence-corrected chi connectivity index (χ1v) is 9.37. The minimum absolute atomic E-state index is 0.0207. The Hall–Kier alpha value is -1.15. The van der Waals surface area contributed by atoms with E-state index in [-0.39, 0.29) is 23.9 Å². The van der Waals surface area contributed by atoms with E-state index in [0.29, 0.717) is 11.2 Å². The number of thioether (sulfide) groups is 1. The highest BCUT2D eigenvalue weighted by Gasteiger charge is 2.26. The summed E-state index contributed by atoms with van der Waals surface area (Å²) in [6, 6.07) is 0.379. The van der Waals surface area contributed by atoms with Crippen molar-refractivity contribution in [2.75, 3.05) is 12.9 Å². The van der Waals surface area contributed by atoms with Gasteiger partial charge in [0.2, 0.25) is 5.16 Å². The van der Waals surface area contributed by atoms with E-state index in [2.05, 4.69) is 15.5 Å². The number of hydrogen-bond donors (Lipinski definition) is 0. The number of methoxy groups -OCH3 is 1. The van der Waals surface area contributed by atoms with Gasteiger partial charge in [0.1, 0.15) is 6.10 Å². The highest BCUT2D eigenvalue weighted by molar-refractivity contribution is 7.99. The Morgan fingerprint density at radius 1 is 1.22 bits per heavy atom. The Morgan fingerprint density at radius 3 is 2.78 bits per heavy atom. The van der Waals surface area contributed by atoms with E-state index in [1.165, 1.54) is 24.6 Å². The van der Waals surface area contributed by atoms with Gasteiger partial charge in [-0.25, -0.2) is 4.68 Å². The van der Waals surface area contributed by atoms with Crippen molar-refractivity contribution in [3.63, 3.8) is 0 Å². The monoisotopic (exact) mass is 340 g/mol. The van der Waals surface area contributed by atoms with Gasteiger partial charge in [-0.3, -0.25) is 4.79 Å². The largest absolute Gasteiger partial charge is 0.462 e. The second-order valence-corrected chi connectivity index (χ2v) is 7.21. The zero-order valence-electron chi connectivity index (χ0n) is 13.5. The molecule has 7 nitrogen and oxygen atoms in total. The highest BCUT2D eigenvalue weighted by atomic mass is 32.2. The molecule has 2 aliphatic rings. The topological polar surface area (TPSA) is 79.1 Å². The van der Waals surface area contributed by atoms with Crippen LogP contribution in [0.5, 0.6) is 0 Å². The van der Waals surface area contributed by atoms with Gasteiger partial charge in [-0.1, -0.05) is 24.6 Å². The molecule has 0 amide bonds. The van der Waals surface area contributed by atoms with Crippen molar-refractivity contribution in [3.05, 3.63) is 0 Å². The fourth-order valence-corrected chi connectivity index (χ4v) is 4.15. The number of carbonyl (C=O) groups excluding carboxylic acids is 1. The molecule has 0 radical (unpaired) electrons. The number of aromatic nitrogens is 4. The third-order valence-corrected chi connectivity index (χ3v) is 5.57. The minimum atomic E-state index is -0.197. The second-order valence-electron chi connectivity index (χ2n) is 6.27. The van der Waals surface area contributed by atoms with Crippen LogP contribution < -0.4 is 0 Å². The molecule has 0 saturated heterocycles. The summed E-state index contributed by atoms with van der Waals surface area (Å²) in [5.41, 5.74) is 0. The molecule has 128 valence electrons. The van der Waals surface area contributed by atoms with E-state index in [0.717, 1.165) is 38.5 Å². The van der Waals surface area contributed by atoms with E-state index in [1.54, 1.807) is 7.11 Å². The summed E-state index contributed by atoms with van der Waals surface area (Å²) in [5, 5.41) is 12.6.